The van der Waals surface area contributed by atoms with Gasteiger partial charge in [0.15, 0.2) is 0 Å². The number of carboxylic acid groups (broad SMARTS) is 1. The highest BCUT2D eigenvalue weighted by molar-refractivity contribution is 5.89. The summed E-state index contributed by atoms with van der Waals surface area (Å²) in [7, 11) is 0. The summed E-state index contributed by atoms with van der Waals surface area (Å²) in [5.41, 5.74) is 1.86. The van der Waals surface area contributed by atoms with Gasteiger partial charge >= 0.3 is 18.2 Å². The van der Waals surface area contributed by atoms with E-state index < -0.39 is 29.3 Å². The average Bonchev–Trinajstić information content (AvgIpc) is 3.04. The summed E-state index contributed by atoms with van der Waals surface area (Å²) in [5, 5.41) is 12.0. The number of carboxylic acids is 1. The third-order valence-corrected chi connectivity index (χ3v) is 5.28. The molecule has 0 saturated carbocycles. The van der Waals surface area contributed by atoms with Crippen LogP contribution < -0.4 is 5.32 Å². The van der Waals surface area contributed by atoms with Crippen LogP contribution in [0.4, 0.5) is 9.59 Å². The summed E-state index contributed by atoms with van der Waals surface area (Å²) < 4.78 is 10.5. The van der Waals surface area contributed by atoms with Crippen LogP contribution in [0.25, 0.3) is 11.1 Å². The zero-order valence-electron chi connectivity index (χ0n) is 19.1. The van der Waals surface area contributed by atoms with Gasteiger partial charge in [-0.05, 0) is 49.9 Å². The Morgan fingerprint density at radius 2 is 1.55 bits per heavy atom. The first-order chi connectivity index (χ1) is 15.5. The van der Waals surface area contributed by atoms with Crippen LogP contribution in [0, 0.1) is 0 Å². The Hall–Kier alpha value is -3.68. The van der Waals surface area contributed by atoms with Crippen molar-refractivity contribution in [2.24, 2.45) is 4.99 Å². The van der Waals surface area contributed by atoms with E-state index in [0.29, 0.717) is 0 Å². The van der Waals surface area contributed by atoms with Crippen LogP contribution in [-0.2, 0) is 14.3 Å². The molecule has 33 heavy (non-hydrogen) atoms. The van der Waals surface area contributed by atoms with E-state index in [4.69, 9.17) is 9.47 Å². The summed E-state index contributed by atoms with van der Waals surface area (Å²) in [5.74, 6) is -1.43. The Morgan fingerprint density at radius 1 is 1.00 bits per heavy atom. The summed E-state index contributed by atoms with van der Waals surface area (Å²) in [6, 6.07) is 15.8. The number of fused-ring (bicyclic) bond motifs is 3. The van der Waals surface area contributed by atoms with Gasteiger partial charge in [-0.15, -0.1) is 0 Å². The maximum Gasteiger partial charge on any atom is 0.433 e. The van der Waals surface area contributed by atoms with Crippen LogP contribution in [0.2, 0.25) is 0 Å². The van der Waals surface area contributed by atoms with E-state index in [1.165, 1.54) is 6.92 Å². The Labute approximate surface area is 192 Å². The van der Waals surface area contributed by atoms with Crippen molar-refractivity contribution in [2.45, 2.75) is 51.2 Å². The second kappa shape index (κ2) is 9.44. The van der Waals surface area contributed by atoms with Crippen LogP contribution in [-0.4, -0.2) is 47.2 Å². The molecule has 0 heterocycles. The number of carbonyl (C=O) groups excluding carboxylic acids is 2. The van der Waals surface area contributed by atoms with E-state index >= 15 is 0 Å². The van der Waals surface area contributed by atoms with Crippen LogP contribution in [0.5, 0.6) is 0 Å². The van der Waals surface area contributed by atoms with Gasteiger partial charge in [0, 0.05) is 18.6 Å². The van der Waals surface area contributed by atoms with E-state index in [1.54, 1.807) is 20.8 Å². The summed E-state index contributed by atoms with van der Waals surface area (Å²) in [4.78, 5) is 39.6. The van der Waals surface area contributed by atoms with Crippen molar-refractivity contribution in [2.75, 3.05) is 6.61 Å². The van der Waals surface area contributed by atoms with Gasteiger partial charge in [-0.2, -0.15) is 4.99 Å². The minimum Gasteiger partial charge on any atom is -0.480 e. The van der Waals surface area contributed by atoms with E-state index in [0.717, 1.165) is 28.5 Å². The molecule has 0 bridgehead atoms. The quantitative estimate of drug-likeness (QED) is 0.611. The molecule has 2 aromatic carbocycles. The number of nitrogens with one attached hydrogen (secondary N) is 1. The molecule has 2 N–H and O–H groups in total. The minimum absolute atomic E-state index is 0.0571. The number of nitrogens with zero attached hydrogens (tertiary/aromatic N) is 1. The van der Waals surface area contributed by atoms with E-state index in [-0.39, 0.29) is 18.9 Å². The molecule has 0 fully saturated rings. The molecule has 174 valence electrons. The Balaban J connectivity index is 1.64. The number of benzene rings is 2. The van der Waals surface area contributed by atoms with Gasteiger partial charge in [-0.25, -0.2) is 14.4 Å². The summed E-state index contributed by atoms with van der Waals surface area (Å²) in [6.45, 7) is 6.46. The average molecular weight is 453 g/mol. The Morgan fingerprint density at radius 3 is 2.06 bits per heavy atom. The number of aliphatic carboxylic acids is 1. The molecule has 8 nitrogen and oxygen atoms in total. The van der Waals surface area contributed by atoms with E-state index in [2.05, 4.69) is 10.3 Å². The van der Waals surface area contributed by atoms with Crippen LogP contribution >= 0.6 is 0 Å². The SMILES string of the molecule is CC(C)(C)OC(=O)N=CC[C@@](C)(NC(=O)OCC1c2ccccc2-c2ccccc21)C(=O)O. The van der Waals surface area contributed by atoms with Gasteiger partial charge in [-0.1, -0.05) is 48.5 Å². The number of rotatable bonds is 6. The molecule has 0 aliphatic heterocycles. The molecule has 2 aromatic rings. The predicted molar refractivity (Wildman–Crippen MR) is 124 cm³/mol. The lowest BCUT2D eigenvalue weighted by atomic mass is 9.98. The largest absolute Gasteiger partial charge is 0.480 e. The first-order valence-electron chi connectivity index (χ1n) is 10.6. The minimum atomic E-state index is -1.71. The zero-order valence-corrected chi connectivity index (χ0v) is 19.1. The molecule has 0 spiro atoms. The van der Waals surface area contributed by atoms with Crippen molar-refractivity contribution < 1.29 is 29.0 Å². The van der Waals surface area contributed by atoms with Gasteiger partial charge in [0.05, 0.1) is 0 Å². The molecular formula is C25H28N2O6. The highest BCUT2D eigenvalue weighted by Gasteiger charge is 2.36. The fourth-order valence-electron chi connectivity index (χ4n) is 3.64. The van der Waals surface area contributed by atoms with E-state index in [9.17, 15) is 19.5 Å². The Kier molecular flexibility index (Phi) is 6.86. The second-order valence-electron chi connectivity index (χ2n) is 9.08. The third kappa shape index (κ3) is 5.77. The smallest absolute Gasteiger partial charge is 0.433 e. The molecule has 3 rings (SSSR count). The highest BCUT2D eigenvalue weighted by atomic mass is 16.6. The van der Waals surface area contributed by atoms with Gasteiger partial charge in [0.2, 0.25) is 0 Å². The van der Waals surface area contributed by atoms with Crippen molar-refractivity contribution in [3.05, 3.63) is 59.7 Å². The topological polar surface area (TPSA) is 114 Å². The molecular weight excluding hydrogens is 424 g/mol. The number of hydrogen-bond donors (Lipinski definition) is 2. The van der Waals surface area contributed by atoms with Crippen molar-refractivity contribution in [1.29, 1.82) is 0 Å². The lowest BCUT2D eigenvalue weighted by Crippen LogP contribution is -2.52. The fraction of sp³-hybridized carbons (Fsp3) is 0.360. The molecule has 0 unspecified atom stereocenters. The van der Waals surface area contributed by atoms with Gasteiger partial charge in [0.25, 0.3) is 0 Å². The monoisotopic (exact) mass is 452 g/mol. The number of alkyl carbamates (subject to hydrolysis) is 1. The van der Waals surface area contributed by atoms with E-state index in [1.807, 2.05) is 48.5 Å². The number of amides is 2. The number of ether oxygens (including phenoxy) is 2. The predicted octanol–water partition coefficient (Wildman–Crippen LogP) is 4.76. The maximum atomic E-state index is 12.5. The summed E-state index contributed by atoms with van der Waals surface area (Å²) >= 11 is 0. The third-order valence-electron chi connectivity index (χ3n) is 5.28. The standard InChI is InChI=1S/C25H28N2O6/c1-24(2,3)33-22(30)26-14-13-25(4,21(28)29)27-23(31)32-15-20-18-11-7-5-9-16(18)17-10-6-8-12-19(17)20/h5-12,14,20H,13,15H2,1-4H3,(H,27,31)(H,28,29)/t25-/m1/s1. The molecule has 0 radical (unpaired) electrons. The molecule has 1 atom stereocenters. The molecule has 0 saturated heterocycles. The lowest BCUT2D eigenvalue weighted by molar-refractivity contribution is -0.143. The zero-order chi connectivity index (χ0) is 24.2. The van der Waals surface area contributed by atoms with Gasteiger partial charge < -0.3 is 19.9 Å². The Bertz CT molecular complexity index is 1040. The number of carbonyl (C=O) groups is 3. The van der Waals surface area contributed by atoms with Crippen molar-refractivity contribution in [3.8, 4) is 11.1 Å². The van der Waals surface area contributed by atoms with Crippen LogP contribution in [0.1, 0.15) is 51.2 Å². The second-order valence-corrected chi connectivity index (χ2v) is 9.08. The first kappa shape index (κ1) is 24.0. The first-order valence-corrected chi connectivity index (χ1v) is 10.6. The highest BCUT2D eigenvalue weighted by Crippen LogP contribution is 2.44. The van der Waals surface area contributed by atoms with Gasteiger partial charge in [-0.3, -0.25) is 0 Å². The lowest BCUT2D eigenvalue weighted by Gasteiger charge is -2.25. The summed E-state index contributed by atoms with van der Waals surface area (Å²) in [6.07, 6.45) is -0.818. The van der Waals surface area contributed by atoms with Crippen molar-refractivity contribution in [1.82, 2.24) is 5.32 Å². The fourth-order valence-corrected chi connectivity index (χ4v) is 3.64. The molecule has 2 amide bonds. The van der Waals surface area contributed by atoms with Crippen LogP contribution in [0.15, 0.2) is 53.5 Å². The number of aliphatic imine (C=N–C) groups is 1. The number of hydrogen-bond acceptors (Lipinski definition) is 5. The molecule has 1 aliphatic rings. The maximum absolute atomic E-state index is 12.5. The molecule has 8 heteroatoms. The van der Waals surface area contributed by atoms with Crippen molar-refractivity contribution in [3.63, 3.8) is 0 Å². The van der Waals surface area contributed by atoms with Gasteiger partial charge in [0.1, 0.15) is 17.7 Å². The van der Waals surface area contributed by atoms with Crippen molar-refractivity contribution >= 4 is 24.4 Å². The molecule has 1 aliphatic carbocycles. The molecule has 0 aromatic heterocycles. The van der Waals surface area contributed by atoms with Crippen LogP contribution in [0.3, 0.4) is 0 Å². The normalized spacial score (nSPS) is 14.8.